The lowest BCUT2D eigenvalue weighted by atomic mass is 9.87. The number of unbranched alkanes of at least 4 members (excludes halogenated alkanes) is 4. The Kier molecular flexibility index (Phi) is 18.1. The number of aromatic nitrogens is 3. The van der Waals surface area contributed by atoms with Crippen LogP contribution in [0.25, 0.3) is 5.52 Å². The van der Waals surface area contributed by atoms with E-state index in [9.17, 15) is 24.4 Å². The van der Waals surface area contributed by atoms with Crippen molar-refractivity contribution in [2.45, 2.75) is 143 Å². The SMILES string of the molecule is CCCCCOC(=O)C[C@H](NP(=O)(OC[C@H]1O[C@@](C#N)(c2ccc3c(N)ncnn23)[C@H](OC(=O)C(C)C)[C@@H]1OC(=O)C(C)C)Oc1ccc(C(C)(C)C)cc1)C(=O)OCCCCC. The fourth-order valence-electron chi connectivity index (χ4n) is 6.51. The predicted octanol–water partition coefficient (Wildman–Crippen LogP) is 6.88. The van der Waals surface area contributed by atoms with Crippen LogP contribution in [0.3, 0.4) is 0 Å². The van der Waals surface area contributed by atoms with E-state index in [1.165, 1.54) is 10.6 Å². The topological polar surface area (TPSA) is 242 Å². The van der Waals surface area contributed by atoms with Gasteiger partial charge in [-0.1, -0.05) is 100 Å². The third-order valence-electron chi connectivity index (χ3n) is 10.2. The molecule has 1 aliphatic heterocycles. The number of ether oxygens (including phenoxy) is 5. The van der Waals surface area contributed by atoms with E-state index >= 15 is 4.57 Å². The molecule has 1 fully saturated rings. The first-order valence-corrected chi connectivity index (χ1v) is 23.1. The highest BCUT2D eigenvalue weighted by atomic mass is 31.2. The van der Waals surface area contributed by atoms with Gasteiger partial charge < -0.3 is 33.9 Å². The van der Waals surface area contributed by atoms with Crippen LogP contribution in [-0.4, -0.2) is 82.6 Å². The number of nitrogens with zero attached hydrogens (tertiary/aromatic N) is 4. The third kappa shape index (κ3) is 13.2. The largest absolute Gasteiger partial charge is 0.466 e. The Morgan fingerprint density at radius 1 is 0.921 bits per heavy atom. The fourth-order valence-corrected chi connectivity index (χ4v) is 8.01. The molecule has 1 saturated heterocycles. The van der Waals surface area contributed by atoms with Gasteiger partial charge in [-0.05, 0) is 48.1 Å². The number of nitrogen functional groups attached to an aromatic ring is 1. The predicted molar refractivity (Wildman–Crippen MR) is 231 cm³/mol. The van der Waals surface area contributed by atoms with E-state index in [0.717, 1.165) is 37.6 Å². The second-order valence-electron chi connectivity index (χ2n) is 17.1. The summed E-state index contributed by atoms with van der Waals surface area (Å²) in [5.41, 5.74) is 4.94. The van der Waals surface area contributed by atoms with Crippen molar-refractivity contribution in [3.05, 3.63) is 54.0 Å². The maximum absolute atomic E-state index is 15.2. The quantitative estimate of drug-likeness (QED) is 0.0426. The van der Waals surface area contributed by atoms with E-state index in [-0.39, 0.29) is 35.9 Å². The van der Waals surface area contributed by atoms with Crippen LogP contribution < -0.4 is 15.3 Å². The normalized spacial score (nSPS) is 20.2. The van der Waals surface area contributed by atoms with Crippen molar-refractivity contribution in [1.29, 1.82) is 5.26 Å². The van der Waals surface area contributed by atoms with Gasteiger partial charge in [0, 0.05) is 0 Å². The van der Waals surface area contributed by atoms with Crippen LogP contribution in [0.1, 0.15) is 119 Å². The smallest absolute Gasteiger partial charge is 0.459 e. The Labute approximate surface area is 369 Å². The van der Waals surface area contributed by atoms with Crippen molar-refractivity contribution >= 4 is 43.0 Å². The molecule has 0 spiro atoms. The molecule has 3 heterocycles. The Hall–Kier alpha value is -5.08. The summed E-state index contributed by atoms with van der Waals surface area (Å²) >= 11 is 0. The minimum atomic E-state index is -4.81. The molecule has 4 rings (SSSR count). The van der Waals surface area contributed by atoms with E-state index in [2.05, 4.69) is 21.2 Å². The van der Waals surface area contributed by atoms with Gasteiger partial charge in [0.25, 0.3) is 0 Å². The van der Waals surface area contributed by atoms with Crippen LogP contribution in [0.4, 0.5) is 5.82 Å². The van der Waals surface area contributed by atoms with Gasteiger partial charge in [0.05, 0.1) is 43.8 Å². The molecule has 18 nitrogen and oxygen atoms in total. The zero-order valence-corrected chi connectivity index (χ0v) is 38.7. The maximum Gasteiger partial charge on any atom is 0.459 e. The van der Waals surface area contributed by atoms with Gasteiger partial charge in [-0.25, -0.2) is 14.1 Å². The zero-order chi connectivity index (χ0) is 46.5. The highest BCUT2D eigenvalue weighted by Crippen LogP contribution is 2.49. The molecule has 63 heavy (non-hydrogen) atoms. The van der Waals surface area contributed by atoms with Gasteiger partial charge in [0.2, 0.25) is 5.60 Å². The molecule has 2 aromatic heterocycles. The number of benzene rings is 1. The standard InChI is InChI=1S/C44H63N6O12P/c1-10-12-14-22-56-36(51)24-32(42(54)57-23-15-13-11-2)49-63(55,62-31-18-16-30(17-19-31)43(7,8)9)58-25-34-37(59-40(52)28(3)4)38(60-41(53)29(5)6)44(26-45,61-34)35-21-20-33-39(46)47-27-48-50(33)35/h16-21,27-29,32,34,37-38H,10-15,22-25H2,1-9H3,(H,49,55)(H2,46,47,48)/t32-,34+,37+,38+,44-,63?/m0/s1. The van der Waals surface area contributed by atoms with E-state index in [4.69, 9.17) is 38.5 Å². The Balaban J connectivity index is 1.81. The van der Waals surface area contributed by atoms with Crippen LogP contribution in [-0.2, 0) is 63.0 Å². The van der Waals surface area contributed by atoms with Crippen molar-refractivity contribution < 1.29 is 56.5 Å². The maximum atomic E-state index is 15.2. The van der Waals surface area contributed by atoms with Crippen molar-refractivity contribution in [3.63, 3.8) is 0 Å². The summed E-state index contributed by atoms with van der Waals surface area (Å²) in [4.78, 5) is 57.6. The number of carbonyl (C=O) groups excluding carboxylic acids is 4. The van der Waals surface area contributed by atoms with E-state index < -0.39 is 86.4 Å². The van der Waals surface area contributed by atoms with Crippen LogP contribution in [0.15, 0.2) is 42.7 Å². The minimum absolute atomic E-state index is 0.0349. The van der Waals surface area contributed by atoms with Crippen LogP contribution in [0.5, 0.6) is 5.75 Å². The molecule has 6 atom stereocenters. The van der Waals surface area contributed by atoms with Gasteiger partial charge >= 0.3 is 31.6 Å². The molecule has 19 heteroatoms. The minimum Gasteiger partial charge on any atom is -0.466 e. The van der Waals surface area contributed by atoms with E-state index in [1.54, 1.807) is 58.0 Å². The van der Waals surface area contributed by atoms with Crippen molar-refractivity contribution in [3.8, 4) is 11.8 Å². The van der Waals surface area contributed by atoms with Gasteiger partial charge in [0.1, 0.15) is 35.8 Å². The van der Waals surface area contributed by atoms with Gasteiger partial charge in [-0.2, -0.15) is 15.4 Å². The number of carbonyl (C=O) groups is 4. The Morgan fingerprint density at radius 3 is 2.13 bits per heavy atom. The first-order chi connectivity index (χ1) is 29.8. The van der Waals surface area contributed by atoms with Crippen LogP contribution >= 0.6 is 7.75 Å². The molecule has 0 aliphatic carbocycles. The van der Waals surface area contributed by atoms with Crippen LogP contribution in [0.2, 0.25) is 0 Å². The number of hydrogen-bond donors (Lipinski definition) is 2. The Bertz CT molecular complexity index is 2110. The van der Waals surface area contributed by atoms with Crippen molar-refractivity contribution in [1.82, 2.24) is 19.7 Å². The van der Waals surface area contributed by atoms with Gasteiger partial charge in [-0.15, -0.1) is 0 Å². The summed E-state index contributed by atoms with van der Waals surface area (Å²) in [7, 11) is -4.81. The zero-order valence-electron chi connectivity index (χ0n) is 37.8. The summed E-state index contributed by atoms with van der Waals surface area (Å²) < 4.78 is 58.0. The lowest BCUT2D eigenvalue weighted by Gasteiger charge is -2.29. The monoisotopic (exact) mass is 898 g/mol. The van der Waals surface area contributed by atoms with Crippen molar-refractivity contribution in [2.75, 3.05) is 25.6 Å². The number of fused-ring (bicyclic) bond motifs is 1. The summed E-state index contributed by atoms with van der Waals surface area (Å²) in [6.07, 6.45) is 0.395. The van der Waals surface area contributed by atoms with Crippen LogP contribution in [0, 0.1) is 23.2 Å². The molecular weight excluding hydrogens is 835 g/mol. The molecule has 0 radical (unpaired) electrons. The fraction of sp³-hybridized carbons (Fsp3) is 0.614. The van der Waals surface area contributed by atoms with E-state index in [0.29, 0.717) is 18.4 Å². The molecule has 346 valence electrons. The lowest BCUT2D eigenvalue weighted by molar-refractivity contribution is -0.173. The highest BCUT2D eigenvalue weighted by Gasteiger charge is 2.63. The molecule has 1 aromatic carbocycles. The average molecular weight is 899 g/mol. The molecule has 1 unspecified atom stereocenters. The first-order valence-electron chi connectivity index (χ1n) is 21.5. The summed E-state index contributed by atoms with van der Waals surface area (Å²) in [5, 5.41) is 18.0. The summed E-state index contributed by atoms with van der Waals surface area (Å²) in [6, 6.07) is 10.3. The molecule has 1 aliphatic rings. The molecule has 3 N–H and O–H groups in total. The number of nitriles is 1. The lowest BCUT2D eigenvalue weighted by Crippen LogP contribution is -2.47. The van der Waals surface area contributed by atoms with Gasteiger partial charge in [-0.3, -0.25) is 23.7 Å². The van der Waals surface area contributed by atoms with E-state index in [1.807, 2.05) is 34.6 Å². The number of nitrogens with two attached hydrogens (primary N) is 1. The Morgan fingerprint density at radius 2 is 1.54 bits per heavy atom. The van der Waals surface area contributed by atoms with Crippen molar-refractivity contribution in [2.24, 2.45) is 11.8 Å². The molecule has 3 aromatic rings. The number of nitrogens with one attached hydrogen (secondary N) is 1. The number of esters is 4. The van der Waals surface area contributed by atoms with Gasteiger partial charge in [0.15, 0.2) is 18.0 Å². The summed E-state index contributed by atoms with van der Waals surface area (Å²) in [6.45, 7) is 15.8. The number of hydrogen-bond acceptors (Lipinski definition) is 16. The first kappa shape index (κ1) is 50.6. The average Bonchev–Trinajstić information content (AvgIpc) is 3.80. The number of anilines is 1. The molecule has 0 amide bonds. The third-order valence-corrected chi connectivity index (χ3v) is 11.8. The second kappa shape index (κ2) is 22.5. The number of rotatable bonds is 23. The molecular formula is C44H63N6O12P. The summed E-state index contributed by atoms with van der Waals surface area (Å²) in [5.74, 6) is -4.39. The second-order valence-corrected chi connectivity index (χ2v) is 18.8. The highest BCUT2D eigenvalue weighted by molar-refractivity contribution is 7.52. The molecule has 0 bridgehead atoms. The molecule has 0 saturated carbocycles.